The van der Waals surface area contributed by atoms with Gasteiger partial charge in [0.15, 0.2) is 0 Å². The Morgan fingerprint density at radius 1 is 1.21 bits per heavy atom. The van der Waals surface area contributed by atoms with Gasteiger partial charge >= 0.3 is 0 Å². The summed E-state index contributed by atoms with van der Waals surface area (Å²) < 4.78 is 14.8. The van der Waals surface area contributed by atoms with Gasteiger partial charge in [-0.25, -0.2) is 4.39 Å². The maximum atomic E-state index is 14.8. The van der Waals surface area contributed by atoms with Crippen molar-refractivity contribution < 1.29 is 14.0 Å². The Morgan fingerprint density at radius 3 is 2.88 bits per heavy atom. The van der Waals surface area contributed by atoms with E-state index in [4.69, 9.17) is 0 Å². The molecule has 2 N–H and O–H groups in total. The van der Waals surface area contributed by atoms with Crippen molar-refractivity contribution in [2.75, 3.05) is 6.54 Å². The van der Waals surface area contributed by atoms with Crippen molar-refractivity contribution in [2.24, 2.45) is 5.10 Å². The van der Waals surface area contributed by atoms with Gasteiger partial charge in [-0.3, -0.25) is 15.3 Å². The summed E-state index contributed by atoms with van der Waals surface area (Å²) >= 11 is 0. The Labute approximate surface area is 196 Å². The van der Waals surface area contributed by atoms with Crippen LogP contribution in [0, 0.1) is 5.82 Å². The highest BCUT2D eigenvalue weighted by Gasteiger charge is 2.33. The third-order valence-electron chi connectivity index (χ3n) is 6.93. The summed E-state index contributed by atoms with van der Waals surface area (Å²) in [6.45, 7) is 0.959. The van der Waals surface area contributed by atoms with Gasteiger partial charge in [0.1, 0.15) is 18.1 Å². The van der Waals surface area contributed by atoms with E-state index in [-0.39, 0.29) is 11.5 Å². The van der Waals surface area contributed by atoms with Gasteiger partial charge in [-0.05, 0) is 42.5 Å². The van der Waals surface area contributed by atoms with Gasteiger partial charge in [0.2, 0.25) is 0 Å². The number of aromatic nitrogens is 2. The number of hydrogen-bond acceptors (Lipinski definition) is 5. The van der Waals surface area contributed by atoms with Crippen LogP contribution in [0.2, 0.25) is 0 Å². The van der Waals surface area contributed by atoms with Crippen LogP contribution in [0.5, 0.6) is 0 Å². The second-order valence-electron chi connectivity index (χ2n) is 9.20. The lowest BCUT2D eigenvalue weighted by atomic mass is 9.92. The van der Waals surface area contributed by atoms with Gasteiger partial charge in [-0.2, -0.15) is 10.2 Å². The molecule has 3 aromatic rings. The molecule has 3 aliphatic rings. The maximum Gasteiger partial charge on any atom is 0.257 e. The number of H-pyrrole nitrogens is 1. The van der Waals surface area contributed by atoms with Crippen LogP contribution in [-0.4, -0.2) is 39.5 Å². The number of rotatable bonds is 5. The molecule has 7 nitrogen and oxygen atoms in total. The van der Waals surface area contributed by atoms with E-state index in [0.717, 1.165) is 46.5 Å². The van der Waals surface area contributed by atoms with Crippen LogP contribution in [0.3, 0.4) is 0 Å². The van der Waals surface area contributed by atoms with Gasteiger partial charge in [0, 0.05) is 30.0 Å². The number of hydrazone groups is 1. The van der Waals surface area contributed by atoms with Gasteiger partial charge in [-0.15, -0.1) is 0 Å². The van der Waals surface area contributed by atoms with E-state index in [2.05, 4.69) is 20.7 Å². The zero-order chi connectivity index (χ0) is 23.2. The Morgan fingerprint density at radius 2 is 2.06 bits per heavy atom. The lowest BCUT2D eigenvalue weighted by molar-refractivity contribution is -0.109. The van der Waals surface area contributed by atoms with Crippen molar-refractivity contribution >= 4 is 17.9 Å². The Kier molecular flexibility index (Phi) is 5.01. The fourth-order valence-corrected chi connectivity index (χ4v) is 4.97. The molecule has 3 heterocycles. The molecule has 8 heteroatoms. The highest BCUT2D eigenvalue weighted by atomic mass is 19.1. The average Bonchev–Trinajstić information content (AvgIpc) is 3.63. The molecule has 1 amide bonds. The normalized spacial score (nSPS) is 19.0. The molecule has 0 bridgehead atoms. The third-order valence-corrected chi connectivity index (χ3v) is 6.93. The molecule has 0 spiro atoms. The molecule has 1 aromatic heterocycles. The molecule has 2 aliphatic heterocycles. The number of aldehydes is 1. The summed E-state index contributed by atoms with van der Waals surface area (Å²) in [7, 11) is 0. The van der Waals surface area contributed by atoms with E-state index in [9.17, 15) is 14.0 Å². The highest BCUT2D eigenvalue weighted by molar-refractivity contribution is 6.05. The molecule has 0 radical (unpaired) electrons. The van der Waals surface area contributed by atoms with E-state index in [1.807, 2.05) is 24.3 Å². The van der Waals surface area contributed by atoms with Crippen LogP contribution in [0.15, 0.2) is 47.6 Å². The molecule has 34 heavy (non-hydrogen) atoms. The van der Waals surface area contributed by atoms with E-state index in [1.54, 1.807) is 17.0 Å². The summed E-state index contributed by atoms with van der Waals surface area (Å²) in [5.41, 5.74) is 9.54. The predicted molar refractivity (Wildman–Crippen MR) is 124 cm³/mol. The second kappa shape index (κ2) is 8.20. The maximum absolute atomic E-state index is 14.8. The van der Waals surface area contributed by atoms with Crippen molar-refractivity contribution in [2.45, 2.75) is 44.2 Å². The molecule has 1 saturated carbocycles. The number of nitrogens with zero attached hydrogens (tertiary/aromatic N) is 3. The summed E-state index contributed by atoms with van der Waals surface area (Å²) in [5.74, 6) is -0.300. The fourth-order valence-electron chi connectivity index (χ4n) is 4.97. The first-order valence-corrected chi connectivity index (χ1v) is 11.6. The van der Waals surface area contributed by atoms with Gasteiger partial charge < -0.3 is 9.69 Å². The van der Waals surface area contributed by atoms with Gasteiger partial charge in [-0.1, -0.05) is 30.3 Å². The minimum absolute atomic E-state index is 0.0614. The van der Waals surface area contributed by atoms with Crippen molar-refractivity contribution in [1.82, 2.24) is 20.5 Å². The highest BCUT2D eigenvalue weighted by Crippen LogP contribution is 2.42. The van der Waals surface area contributed by atoms with Crippen LogP contribution < -0.4 is 5.43 Å². The number of carbonyl (C=O) groups is 2. The Bertz CT molecular complexity index is 1330. The molecule has 1 unspecified atom stereocenters. The molecule has 1 atom stereocenters. The molecular formula is C26H24FN5O2. The zero-order valence-corrected chi connectivity index (χ0v) is 18.6. The van der Waals surface area contributed by atoms with Crippen molar-refractivity contribution in [3.8, 4) is 0 Å². The molecular weight excluding hydrogens is 433 g/mol. The summed E-state index contributed by atoms with van der Waals surface area (Å²) in [4.78, 5) is 26.3. The monoisotopic (exact) mass is 457 g/mol. The third kappa shape index (κ3) is 3.59. The van der Waals surface area contributed by atoms with Gasteiger partial charge in [0.25, 0.3) is 5.91 Å². The second-order valence-corrected chi connectivity index (χ2v) is 9.20. The number of benzene rings is 2. The first kappa shape index (κ1) is 20.8. The standard InChI is InChI=1S/C26H24FN5O2/c27-21-8-5-15(12-22-17-3-1-2-4-18(17)24(14-33)30-28-22)11-20(21)26(34)32-10-9-19-23(13-32)29-31-25(19)16-6-7-16/h1-5,8,11,14,16,24,30H,6-7,9-10,12-13H2,(H,29,31). The SMILES string of the molecule is O=CC1NN=C(Cc2ccc(F)c(C(=O)N3CCc4c(C5CC5)n[nH]c4C3)c2)c2ccccc21. The van der Waals surface area contributed by atoms with Crippen molar-refractivity contribution in [3.63, 3.8) is 0 Å². The number of hydrogen-bond donors (Lipinski definition) is 2. The van der Waals surface area contributed by atoms with Crippen LogP contribution in [-0.2, 0) is 24.2 Å². The van der Waals surface area contributed by atoms with Crippen LogP contribution in [0.4, 0.5) is 4.39 Å². The first-order valence-electron chi connectivity index (χ1n) is 11.6. The molecule has 0 saturated heterocycles. The summed E-state index contributed by atoms with van der Waals surface area (Å²) in [6.07, 6.45) is 4.33. The van der Waals surface area contributed by atoms with E-state index in [1.165, 1.54) is 24.5 Å². The van der Waals surface area contributed by atoms with Crippen molar-refractivity contribution in [1.29, 1.82) is 0 Å². The van der Waals surface area contributed by atoms with E-state index >= 15 is 0 Å². The quantitative estimate of drug-likeness (QED) is 0.575. The Balaban J connectivity index is 1.23. The molecule has 6 rings (SSSR count). The summed E-state index contributed by atoms with van der Waals surface area (Å²) in [6, 6.07) is 11.7. The predicted octanol–water partition coefficient (Wildman–Crippen LogP) is 3.41. The van der Waals surface area contributed by atoms with E-state index < -0.39 is 11.9 Å². The number of nitrogens with one attached hydrogen (secondary N) is 2. The van der Waals surface area contributed by atoms with Gasteiger partial charge in [0.05, 0.1) is 29.2 Å². The molecule has 172 valence electrons. The zero-order valence-electron chi connectivity index (χ0n) is 18.6. The number of amides is 1. The minimum atomic E-state index is -0.534. The number of fused-ring (bicyclic) bond motifs is 2. The van der Waals surface area contributed by atoms with Crippen LogP contribution in [0.1, 0.15) is 68.8 Å². The topological polar surface area (TPSA) is 90.4 Å². The summed E-state index contributed by atoms with van der Waals surface area (Å²) in [5, 5.41) is 12.0. The number of aromatic amines is 1. The number of halogens is 1. The first-order chi connectivity index (χ1) is 16.6. The van der Waals surface area contributed by atoms with Crippen LogP contribution >= 0.6 is 0 Å². The number of carbonyl (C=O) groups excluding carboxylic acids is 2. The minimum Gasteiger partial charge on any atom is -0.332 e. The lowest BCUT2D eigenvalue weighted by Gasteiger charge is -2.27. The van der Waals surface area contributed by atoms with Crippen molar-refractivity contribution in [3.05, 3.63) is 87.5 Å². The molecule has 2 aromatic carbocycles. The largest absolute Gasteiger partial charge is 0.332 e. The Hall–Kier alpha value is -3.81. The molecule has 1 fully saturated rings. The molecule has 1 aliphatic carbocycles. The van der Waals surface area contributed by atoms with E-state index in [0.29, 0.717) is 25.4 Å². The fraction of sp³-hybridized carbons (Fsp3) is 0.308. The average molecular weight is 458 g/mol. The van der Waals surface area contributed by atoms with Crippen LogP contribution in [0.25, 0.3) is 0 Å². The smallest absolute Gasteiger partial charge is 0.257 e. The lowest BCUT2D eigenvalue weighted by Crippen LogP contribution is -2.36.